The van der Waals surface area contributed by atoms with Crippen LogP contribution in [0.5, 0.6) is 17.2 Å². The van der Waals surface area contributed by atoms with Crippen LogP contribution in [0.3, 0.4) is 0 Å². The smallest absolute Gasteiger partial charge is 0.339 e. The highest BCUT2D eigenvalue weighted by molar-refractivity contribution is 5.94. The fourth-order valence-corrected chi connectivity index (χ4v) is 2.46. The topological polar surface area (TPSA) is 98.0 Å². The van der Waals surface area contributed by atoms with Gasteiger partial charge in [0.05, 0.1) is 0 Å². The predicted octanol–water partition coefficient (Wildman–Crippen LogP) is 3.36. The molecule has 0 saturated heterocycles. The van der Waals surface area contributed by atoms with Crippen molar-refractivity contribution in [3.63, 3.8) is 0 Å². The largest absolute Gasteiger partial charge is 0.507 e. The molecule has 1 rings (SSSR count). The lowest BCUT2D eigenvalue weighted by atomic mass is 9.76. The Balaban J connectivity index is 3.37. The lowest BCUT2D eigenvalue weighted by Crippen LogP contribution is -2.21. The Labute approximate surface area is 118 Å². The van der Waals surface area contributed by atoms with E-state index in [-0.39, 0.29) is 11.1 Å². The summed E-state index contributed by atoms with van der Waals surface area (Å²) in [6.45, 7) is 5.65. The van der Waals surface area contributed by atoms with Crippen molar-refractivity contribution in [2.75, 3.05) is 0 Å². The van der Waals surface area contributed by atoms with Gasteiger partial charge in [0.1, 0.15) is 11.3 Å². The molecular weight excluding hydrogens is 260 g/mol. The molecule has 1 aromatic carbocycles. The van der Waals surface area contributed by atoms with E-state index in [0.717, 1.165) is 25.3 Å². The highest BCUT2D eigenvalue weighted by Crippen LogP contribution is 2.45. The predicted molar refractivity (Wildman–Crippen MR) is 75.6 cm³/mol. The molecule has 0 fully saturated rings. The lowest BCUT2D eigenvalue weighted by Gasteiger charge is -2.28. The van der Waals surface area contributed by atoms with Gasteiger partial charge in [-0.2, -0.15) is 0 Å². The zero-order chi connectivity index (χ0) is 15.5. The first-order chi connectivity index (χ1) is 9.22. The quantitative estimate of drug-likeness (QED) is 0.364. The molecule has 112 valence electrons. The minimum Gasteiger partial charge on any atom is -0.507 e. The van der Waals surface area contributed by atoms with Crippen molar-refractivity contribution in [1.82, 2.24) is 0 Å². The summed E-state index contributed by atoms with van der Waals surface area (Å²) in [4.78, 5) is 11.3. The molecule has 0 aliphatic rings. The first kappa shape index (κ1) is 16.1. The summed E-state index contributed by atoms with van der Waals surface area (Å²) in [5.41, 5.74) is -0.927. The normalized spacial score (nSPS) is 11.6. The summed E-state index contributed by atoms with van der Waals surface area (Å²) in [5.74, 6) is -2.84. The molecule has 0 unspecified atom stereocenters. The van der Waals surface area contributed by atoms with Gasteiger partial charge in [-0.25, -0.2) is 4.79 Å². The molecule has 0 radical (unpaired) electrons. The van der Waals surface area contributed by atoms with Crippen molar-refractivity contribution in [3.8, 4) is 17.2 Å². The Hall–Kier alpha value is -1.91. The number of carboxylic acid groups (broad SMARTS) is 1. The zero-order valence-corrected chi connectivity index (χ0v) is 12.1. The third kappa shape index (κ3) is 3.15. The summed E-state index contributed by atoms with van der Waals surface area (Å²) >= 11 is 0. The monoisotopic (exact) mass is 282 g/mol. The van der Waals surface area contributed by atoms with E-state index in [2.05, 4.69) is 6.92 Å². The minimum atomic E-state index is -1.32. The van der Waals surface area contributed by atoms with Gasteiger partial charge in [0.15, 0.2) is 11.5 Å². The Morgan fingerprint density at radius 3 is 2.25 bits per heavy atom. The number of hydrogen-bond acceptors (Lipinski definition) is 4. The molecule has 0 atom stereocenters. The number of hydrogen-bond donors (Lipinski definition) is 4. The van der Waals surface area contributed by atoms with Crippen LogP contribution in [0.25, 0.3) is 0 Å². The molecule has 0 amide bonds. The summed E-state index contributed by atoms with van der Waals surface area (Å²) < 4.78 is 0. The molecule has 0 aliphatic heterocycles. The molecule has 0 heterocycles. The number of aromatic hydroxyl groups is 3. The Morgan fingerprint density at radius 1 is 1.15 bits per heavy atom. The molecule has 1 aromatic rings. The summed E-state index contributed by atoms with van der Waals surface area (Å²) in [6.07, 6.45) is 3.55. The van der Waals surface area contributed by atoms with E-state index in [1.165, 1.54) is 0 Å². The van der Waals surface area contributed by atoms with Gasteiger partial charge < -0.3 is 20.4 Å². The fourth-order valence-electron chi connectivity index (χ4n) is 2.46. The number of benzene rings is 1. The van der Waals surface area contributed by atoms with Crippen molar-refractivity contribution in [3.05, 3.63) is 17.2 Å². The van der Waals surface area contributed by atoms with Gasteiger partial charge in [-0.05, 0) is 11.8 Å². The van der Waals surface area contributed by atoms with E-state index in [1.54, 1.807) is 13.8 Å². The number of phenols is 3. The van der Waals surface area contributed by atoms with E-state index in [0.29, 0.717) is 6.42 Å². The van der Waals surface area contributed by atoms with Gasteiger partial charge in [-0.15, -0.1) is 0 Å². The van der Waals surface area contributed by atoms with Gasteiger partial charge in [0.2, 0.25) is 0 Å². The Morgan fingerprint density at radius 2 is 1.75 bits per heavy atom. The van der Waals surface area contributed by atoms with Crippen LogP contribution in [-0.4, -0.2) is 26.4 Å². The molecule has 0 aliphatic carbocycles. The highest BCUT2D eigenvalue weighted by atomic mass is 16.4. The maximum absolute atomic E-state index is 11.3. The molecule has 0 aromatic heterocycles. The van der Waals surface area contributed by atoms with E-state index in [1.807, 2.05) is 0 Å². The lowest BCUT2D eigenvalue weighted by molar-refractivity contribution is 0.0689. The third-order valence-electron chi connectivity index (χ3n) is 3.55. The van der Waals surface area contributed by atoms with Crippen LogP contribution in [0.2, 0.25) is 0 Å². The highest BCUT2D eigenvalue weighted by Gasteiger charge is 2.33. The van der Waals surface area contributed by atoms with Crippen molar-refractivity contribution < 1.29 is 25.2 Å². The minimum absolute atomic E-state index is 0.0820. The van der Waals surface area contributed by atoms with Gasteiger partial charge in [-0.3, -0.25) is 0 Å². The molecule has 0 spiro atoms. The van der Waals surface area contributed by atoms with Crippen molar-refractivity contribution >= 4 is 5.97 Å². The zero-order valence-electron chi connectivity index (χ0n) is 12.1. The molecule has 5 nitrogen and oxygen atoms in total. The molecule has 20 heavy (non-hydrogen) atoms. The third-order valence-corrected chi connectivity index (χ3v) is 3.55. The van der Waals surface area contributed by atoms with Crippen LogP contribution in [0.15, 0.2) is 6.07 Å². The first-order valence-corrected chi connectivity index (χ1v) is 6.74. The van der Waals surface area contributed by atoms with E-state index in [9.17, 15) is 25.2 Å². The average Bonchev–Trinajstić information content (AvgIpc) is 2.32. The molecule has 4 N–H and O–H groups in total. The molecule has 0 saturated carbocycles. The van der Waals surface area contributed by atoms with Crippen LogP contribution in [-0.2, 0) is 5.41 Å². The standard InChI is InChI=1S/C15H22O5/c1-4-5-6-7-15(2,3)12-11(14(19)20)9(16)8-10(17)13(12)18/h8,16-18H,4-7H2,1-3H3,(H,19,20). The second-order valence-corrected chi connectivity index (χ2v) is 5.66. The number of unbranched alkanes of at least 4 members (excludes halogenated alkanes) is 2. The summed E-state index contributed by atoms with van der Waals surface area (Å²) in [6, 6.07) is 0.852. The number of carboxylic acids is 1. The van der Waals surface area contributed by atoms with Crippen molar-refractivity contribution in [2.45, 2.75) is 51.9 Å². The van der Waals surface area contributed by atoms with Crippen LogP contribution < -0.4 is 0 Å². The maximum atomic E-state index is 11.3. The van der Waals surface area contributed by atoms with Gasteiger partial charge in [-0.1, -0.05) is 40.0 Å². The number of phenolic OH excluding ortho intramolecular Hbond substituents is 2. The second-order valence-electron chi connectivity index (χ2n) is 5.66. The molecule has 0 bridgehead atoms. The van der Waals surface area contributed by atoms with Crippen LogP contribution in [0.1, 0.15) is 62.4 Å². The maximum Gasteiger partial charge on any atom is 0.339 e. The SMILES string of the molecule is CCCCCC(C)(C)c1c(O)c(O)cc(O)c1C(=O)O. The molecular formula is C15H22O5. The van der Waals surface area contributed by atoms with Gasteiger partial charge in [0, 0.05) is 11.6 Å². The second kappa shape index (κ2) is 6.03. The summed E-state index contributed by atoms with van der Waals surface area (Å²) in [5, 5.41) is 38.6. The fraction of sp³-hybridized carbons (Fsp3) is 0.533. The van der Waals surface area contributed by atoms with E-state index < -0.39 is 28.6 Å². The van der Waals surface area contributed by atoms with Crippen molar-refractivity contribution in [1.29, 1.82) is 0 Å². The van der Waals surface area contributed by atoms with Crippen LogP contribution in [0.4, 0.5) is 0 Å². The van der Waals surface area contributed by atoms with E-state index >= 15 is 0 Å². The average molecular weight is 282 g/mol. The van der Waals surface area contributed by atoms with Gasteiger partial charge >= 0.3 is 5.97 Å². The summed E-state index contributed by atoms with van der Waals surface area (Å²) in [7, 11) is 0. The number of aromatic carboxylic acids is 1. The van der Waals surface area contributed by atoms with Crippen LogP contribution in [0, 0.1) is 0 Å². The number of carbonyl (C=O) groups is 1. The van der Waals surface area contributed by atoms with Gasteiger partial charge in [0.25, 0.3) is 0 Å². The first-order valence-electron chi connectivity index (χ1n) is 6.74. The Kier molecular flexibility index (Phi) is 4.87. The van der Waals surface area contributed by atoms with E-state index in [4.69, 9.17) is 0 Å². The van der Waals surface area contributed by atoms with Crippen LogP contribution >= 0.6 is 0 Å². The number of rotatable bonds is 6. The Bertz CT molecular complexity index is 505. The van der Waals surface area contributed by atoms with Crippen molar-refractivity contribution in [2.24, 2.45) is 0 Å². The molecule has 5 heteroatoms.